The van der Waals surface area contributed by atoms with Gasteiger partial charge in [0.05, 0.1) is 14.7 Å². The van der Waals surface area contributed by atoms with Crippen molar-refractivity contribution in [1.82, 2.24) is 15.2 Å². The maximum atomic E-state index is 11.8. The third-order valence-electron chi connectivity index (χ3n) is 2.46. The molecule has 1 amide bonds. The Morgan fingerprint density at radius 2 is 2.33 bits per heavy atom. The van der Waals surface area contributed by atoms with Gasteiger partial charge in [-0.15, -0.1) is 0 Å². The van der Waals surface area contributed by atoms with Gasteiger partial charge in [-0.25, -0.2) is 5.43 Å². The third kappa shape index (κ3) is 3.84. The molecule has 0 aliphatic rings. The minimum absolute atomic E-state index is 0.0375. The van der Waals surface area contributed by atoms with Crippen LogP contribution < -0.4 is 5.43 Å². The first-order chi connectivity index (χ1) is 9.97. The normalized spacial score (nSPS) is 10.8. The summed E-state index contributed by atoms with van der Waals surface area (Å²) < 4.78 is 2.24. The highest BCUT2D eigenvalue weighted by molar-refractivity contribution is 14.1. The lowest BCUT2D eigenvalue weighted by Gasteiger charge is -1.97. The standard InChI is InChI=1S/C12H10IN5O3/c1-17-7-10(13)11(16-17)12(19)15-14-6-8-3-2-4-9(5-8)18(20)21/h2-7H,1H3,(H,15,19)/b14-6+. The van der Waals surface area contributed by atoms with E-state index in [0.717, 1.165) is 0 Å². The largest absolute Gasteiger partial charge is 0.292 e. The summed E-state index contributed by atoms with van der Waals surface area (Å²) in [6.07, 6.45) is 3.04. The summed E-state index contributed by atoms with van der Waals surface area (Å²) in [7, 11) is 1.71. The van der Waals surface area contributed by atoms with E-state index in [-0.39, 0.29) is 11.4 Å². The van der Waals surface area contributed by atoms with Gasteiger partial charge in [0.2, 0.25) is 0 Å². The van der Waals surface area contributed by atoms with Gasteiger partial charge < -0.3 is 0 Å². The Hall–Kier alpha value is -2.30. The van der Waals surface area contributed by atoms with Crippen LogP contribution in [0.2, 0.25) is 0 Å². The van der Waals surface area contributed by atoms with Crippen molar-refractivity contribution in [2.24, 2.45) is 12.1 Å². The van der Waals surface area contributed by atoms with E-state index >= 15 is 0 Å². The summed E-state index contributed by atoms with van der Waals surface area (Å²) in [4.78, 5) is 22.0. The number of nitro groups is 1. The predicted octanol–water partition coefficient (Wildman–Crippen LogP) is 1.70. The highest BCUT2D eigenvalue weighted by Gasteiger charge is 2.13. The smallest absolute Gasteiger partial charge is 0.274 e. The second-order valence-electron chi connectivity index (χ2n) is 4.05. The van der Waals surface area contributed by atoms with Gasteiger partial charge in [-0.1, -0.05) is 12.1 Å². The van der Waals surface area contributed by atoms with Crippen molar-refractivity contribution in [3.63, 3.8) is 0 Å². The van der Waals surface area contributed by atoms with Gasteiger partial charge in [-0.3, -0.25) is 19.6 Å². The van der Waals surface area contributed by atoms with Crippen molar-refractivity contribution >= 4 is 40.4 Å². The monoisotopic (exact) mass is 399 g/mol. The predicted molar refractivity (Wildman–Crippen MR) is 84.1 cm³/mol. The van der Waals surface area contributed by atoms with E-state index in [9.17, 15) is 14.9 Å². The van der Waals surface area contributed by atoms with E-state index in [0.29, 0.717) is 9.13 Å². The first-order valence-corrected chi connectivity index (χ1v) is 6.82. The molecule has 2 rings (SSSR count). The van der Waals surface area contributed by atoms with Crippen LogP contribution in [0, 0.1) is 13.7 Å². The number of aryl methyl sites for hydroxylation is 1. The molecule has 0 radical (unpaired) electrons. The van der Waals surface area contributed by atoms with Crippen molar-refractivity contribution in [2.75, 3.05) is 0 Å². The lowest BCUT2D eigenvalue weighted by Crippen LogP contribution is -2.19. The van der Waals surface area contributed by atoms with Crippen molar-refractivity contribution in [3.05, 3.63) is 55.4 Å². The molecule has 0 saturated carbocycles. The molecule has 0 atom stereocenters. The second kappa shape index (κ2) is 6.43. The van der Waals surface area contributed by atoms with Crippen LogP contribution in [0.1, 0.15) is 16.1 Å². The Balaban J connectivity index is 2.05. The zero-order chi connectivity index (χ0) is 15.4. The molecule has 9 heteroatoms. The minimum atomic E-state index is -0.494. The highest BCUT2D eigenvalue weighted by Crippen LogP contribution is 2.11. The topological polar surface area (TPSA) is 102 Å². The SMILES string of the molecule is Cn1cc(I)c(C(=O)N/N=C/c2cccc([N+](=O)[O-])c2)n1. The van der Waals surface area contributed by atoms with Crippen LogP contribution in [-0.4, -0.2) is 26.8 Å². The number of hydrazone groups is 1. The Morgan fingerprint density at radius 3 is 2.95 bits per heavy atom. The van der Waals surface area contributed by atoms with E-state index < -0.39 is 10.8 Å². The van der Waals surface area contributed by atoms with Crippen LogP contribution in [0.15, 0.2) is 35.6 Å². The van der Waals surface area contributed by atoms with Crippen LogP contribution in [0.5, 0.6) is 0 Å². The van der Waals surface area contributed by atoms with Gasteiger partial charge in [0.25, 0.3) is 11.6 Å². The lowest BCUT2D eigenvalue weighted by molar-refractivity contribution is -0.384. The van der Waals surface area contributed by atoms with E-state index in [1.807, 2.05) is 22.6 Å². The Bertz CT molecular complexity index is 725. The van der Waals surface area contributed by atoms with Crippen LogP contribution in [0.4, 0.5) is 5.69 Å². The molecule has 1 heterocycles. The molecular formula is C12H10IN5O3. The van der Waals surface area contributed by atoms with Crippen molar-refractivity contribution in [1.29, 1.82) is 0 Å². The number of hydrogen-bond acceptors (Lipinski definition) is 5. The number of nitro benzene ring substituents is 1. The van der Waals surface area contributed by atoms with Crippen LogP contribution >= 0.6 is 22.6 Å². The fourth-order valence-electron chi connectivity index (χ4n) is 1.55. The van der Waals surface area contributed by atoms with Gasteiger partial charge in [0.15, 0.2) is 5.69 Å². The zero-order valence-electron chi connectivity index (χ0n) is 10.9. The molecular weight excluding hydrogens is 389 g/mol. The van der Waals surface area contributed by atoms with Crippen molar-refractivity contribution < 1.29 is 9.72 Å². The van der Waals surface area contributed by atoms with E-state index in [4.69, 9.17) is 0 Å². The van der Waals surface area contributed by atoms with Gasteiger partial charge in [0, 0.05) is 30.9 Å². The number of rotatable bonds is 4. The lowest BCUT2D eigenvalue weighted by atomic mass is 10.2. The summed E-state index contributed by atoms with van der Waals surface area (Å²) in [5.74, 6) is -0.443. The number of amides is 1. The number of carbonyl (C=O) groups is 1. The van der Waals surface area contributed by atoms with Crippen molar-refractivity contribution in [2.45, 2.75) is 0 Å². The molecule has 1 N–H and O–H groups in total. The molecule has 0 aliphatic heterocycles. The Morgan fingerprint density at radius 1 is 1.57 bits per heavy atom. The molecule has 0 unspecified atom stereocenters. The number of nitrogens with zero attached hydrogens (tertiary/aromatic N) is 4. The summed E-state index contributed by atoms with van der Waals surface area (Å²) >= 11 is 2.00. The molecule has 8 nitrogen and oxygen atoms in total. The summed E-state index contributed by atoms with van der Waals surface area (Å²) in [5.41, 5.74) is 3.08. The first kappa shape index (κ1) is 15.1. The molecule has 1 aromatic carbocycles. The average Bonchev–Trinajstić information content (AvgIpc) is 2.78. The van der Waals surface area contributed by atoms with E-state index in [1.165, 1.54) is 23.0 Å². The molecule has 21 heavy (non-hydrogen) atoms. The summed E-state index contributed by atoms with van der Waals surface area (Å²) in [6, 6.07) is 5.93. The number of hydrogen-bond donors (Lipinski definition) is 1. The Labute approximate surface area is 133 Å². The molecule has 2 aromatic rings. The molecule has 0 spiro atoms. The molecule has 0 bridgehead atoms. The summed E-state index contributed by atoms with van der Waals surface area (Å²) in [5, 5.41) is 18.4. The zero-order valence-corrected chi connectivity index (χ0v) is 13.0. The number of non-ortho nitro benzene ring substituents is 1. The van der Waals surface area contributed by atoms with Gasteiger partial charge >= 0.3 is 0 Å². The van der Waals surface area contributed by atoms with E-state index in [1.54, 1.807) is 25.4 Å². The summed E-state index contributed by atoms with van der Waals surface area (Å²) in [6.45, 7) is 0. The average molecular weight is 399 g/mol. The first-order valence-electron chi connectivity index (χ1n) is 5.74. The van der Waals surface area contributed by atoms with Crippen LogP contribution in [0.3, 0.4) is 0 Å². The fraction of sp³-hybridized carbons (Fsp3) is 0.0833. The number of benzene rings is 1. The minimum Gasteiger partial charge on any atom is -0.274 e. The van der Waals surface area contributed by atoms with E-state index in [2.05, 4.69) is 15.6 Å². The second-order valence-corrected chi connectivity index (χ2v) is 5.21. The highest BCUT2D eigenvalue weighted by atomic mass is 127. The molecule has 1 aromatic heterocycles. The van der Waals surface area contributed by atoms with Gasteiger partial charge in [-0.2, -0.15) is 10.2 Å². The Kier molecular flexibility index (Phi) is 4.62. The number of carbonyl (C=O) groups excluding carboxylic acids is 1. The van der Waals surface area contributed by atoms with Crippen LogP contribution in [0.25, 0.3) is 0 Å². The molecule has 0 aliphatic carbocycles. The molecule has 0 saturated heterocycles. The number of halogens is 1. The van der Waals surface area contributed by atoms with Crippen molar-refractivity contribution in [3.8, 4) is 0 Å². The number of aromatic nitrogens is 2. The molecule has 0 fully saturated rings. The third-order valence-corrected chi connectivity index (χ3v) is 3.25. The van der Waals surface area contributed by atoms with Crippen LogP contribution in [-0.2, 0) is 7.05 Å². The maximum Gasteiger partial charge on any atom is 0.292 e. The quantitative estimate of drug-likeness (QED) is 0.366. The number of nitrogens with one attached hydrogen (secondary N) is 1. The van der Waals surface area contributed by atoms with Gasteiger partial charge in [-0.05, 0) is 22.6 Å². The van der Waals surface area contributed by atoms with Gasteiger partial charge in [0.1, 0.15) is 0 Å². The maximum absolute atomic E-state index is 11.8. The fourth-order valence-corrected chi connectivity index (χ4v) is 2.31. The molecule has 108 valence electrons.